The first-order valence-electron chi connectivity index (χ1n) is 4.36. The van der Waals surface area contributed by atoms with E-state index in [0.717, 1.165) is 6.42 Å². The zero-order valence-corrected chi connectivity index (χ0v) is 7.90. The second-order valence-corrected chi connectivity index (χ2v) is 2.69. The molecule has 0 aliphatic rings. The highest BCUT2D eigenvalue weighted by Crippen LogP contribution is 2.17. The summed E-state index contributed by atoms with van der Waals surface area (Å²) in [6, 6.07) is 6.46. The van der Waals surface area contributed by atoms with Gasteiger partial charge >= 0.3 is 6.16 Å². The average molecular weight is 196 g/mol. The van der Waals surface area contributed by atoms with Gasteiger partial charge in [-0.2, -0.15) is 0 Å². The molecule has 0 atom stereocenters. The van der Waals surface area contributed by atoms with Crippen molar-refractivity contribution in [2.45, 2.75) is 13.3 Å². The molecule has 0 unspecified atom stereocenters. The van der Waals surface area contributed by atoms with Crippen LogP contribution in [-0.2, 0) is 0 Å². The van der Waals surface area contributed by atoms with E-state index in [9.17, 15) is 4.79 Å². The first-order valence-corrected chi connectivity index (χ1v) is 4.36. The van der Waals surface area contributed by atoms with Gasteiger partial charge in [-0.15, -0.1) is 0 Å². The maximum absolute atomic E-state index is 10.2. The van der Waals surface area contributed by atoms with E-state index < -0.39 is 6.16 Å². The maximum Gasteiger partial charge on any atom is 0.511 e. The molecule has 1 aromatic carbocycles. The summed E-state index contributed by atoms with van der Waals surface area (Å²) in [7, 11) is 0. The lowest BCUT2D eigenvalue weighted by Crippen LogP contribution is -2.02. The van der Waals surface area contributed by atoms with Crippen molar-refractivity contribution in [3.8, 4) is 11.5 Å². The van der Waals surface area contributed by atoms with Crippen molar-refractivity contribution in [1.82, 2.24) is 0 Å². The van der Waals surface area contributed by atoms with Crippen LogP contribution in [0.2, 0.25) is 0 Å². The average Bonchev–Trinajstić information content (AvgIpc) is 2.16. The predicted molar refractivity (Wildman–Crippen MR) is 50.9 cm³/mol. The monoisotopic (exact) mass is 196 g/mol. The summed E-state index contributed by atoms with van der Waals surface area (Å²) in [4.78, 5) is 10.2. The Morgan fingerprint density at radius 2 is 1.86 bits per heavy atom. The molecular formula is C10H12O4. The van der Waals surface area contributed by atoms with Crippen LogP contribution in [0.1, 0.15) is 13.3 Å². The van der Waals surface area contributed by atoms with Gasteiger partial charge in [-0.1, -0.05) is 6.92 Å². The summed E-state index contributed by atoms with van der Waals surface area (Å²) in [6.07, 6.45) is -0.375. The van der Waals surface area contributed by atoms with E-state index in [-0.39, 0.29) is 0 Å². The van der Waals surface area contributed by atoms with Gasteiger partial charge in [0.2, 0.25) is 0 Å². The van der Waals surface area contributed by atoms with E-state index in [1.807, 2.05) is 6.92 Å². The Balaban J connectivity index is 2.54. The SMILES string of the molecule is CCCOc1ccc(OC(=O)O)cc1. The van der Waals surface area contributed by atoms with E-state index in [0.29, 0.717) is 18.1 Å². The molecule has 0 amide bonds. The number of benzene rings is 1. The Morgan fingerprint density at radius 1 is 1.29 bits per heavy atom. The van der Waals surface area contributed by atoms with Crippen LogP contribution in [0.3, 0.4) is 0 Å². The van der Waals surface area contributed by atoms with Crippen molar-refractivity contribution in [3.63, 3.8) is 0 Å². The number of hydrogen-bond acceptors (Lipinski definition) is 3. The lowest BCUT2D eigenvalue weighted by atomic mass is 10.3. The Kier molecular flexibility index (Phi) is 3.79. The molecule has 76 valence electrons. The first-order chi connectivity index (χ1) is 6.72. The molecule has 0 fully saturated rings. The third-order valence-electron chi connectivity index (χ3n) is 1.50. The number of hydrogen-bond donors (Lipinski definition) is 1. The van der Waals surface area contributed by atoms with Crippen molar-refractivity contribution in [1.29, 1.82) is 0 Å². The molecule has 1 aromatic rings. The zero-order valence-electron chi connectivity index (χ0n) is 7.90. The van der Waals surface area contributed by atoms with Crippen LogP contribution in [0.5, 0.6) is 11.5 Å². The van der Waals surface area contributed by atoms with Gasteiger partial charge in [0, 0.05) is 0 Å². The Labute approximate surface area is 82.1 Å². The van der Waals surface area contributed by atoms with Crippen LogP contribution in [0.25, 0.3) is 0 Å². The Bertz CT molecular complexity index is 291. The van der Waals surface area contributed by atoms with Crippen LogP contribution in [0.15, 0.2) is 24.3 Å². The minimum absolute atomic E-state index is 0.293. The highest BCUT2D eigenvalue weighted by Gasteiger charge is 2.00. The highest BCUT2D eigenvalue weighted by atomic mass is 16.7. The molecule has 4 heteroatoms. The van der Waals surface area contributed by atoms with Gasteiger partial charge in [-0.05, 0) is 30.7 Å². The standard InChI is InChI=1S/C10H12O4/c1-2-7-13-8-3-5-9(6-4-8)14-10(11)12/h3-6H,2,7H2,1H3,(H,11,12). The zero-order chi connectivity index (χ0) is 10.4. The fourth-order valence-corrected chi connectivity index (χ4v) is 0.925. The number of rotatable bonds is 4. The van der Waals surface area contributed by atoms with E-state index in [4.69, 9.17) is 9.84 Å². The van der Waals surface area contributed by atoms with E-state index >= 15 is 0 Å². The molecular weight excluding hydrogens is 184 g/mol. The van der Waals surface area contributed by atoms with Crippen molar-refractivity contribution in [3.05, 3.63) is 24.3 Å². The second kappa shape index (κ2) is 5.11. The quantitative estimate of drug-likeness (QED) is 0.593. The molecule has 0 saturated carbocycles. The predicted octanol–water partition coefficient (Wildman–Crippen LogP) is 2.53. The lowest BCUT2D eigenvalue weighted by molar-refractivity contribution is 0.144. The molecule has 4 nitrogen and oxygen atoms in total. The molecule has 1 N–H and O–H groups in total. The summed E-state index contributed by atoms with van der Waals surface area (Å²) in [5.41, 5.74) is 0. The first kappa shape index (κ1) is 10.4. The third kappa shape index (κ3) is 3.35. The van der Waals surface area contributed by atoms with Gasteiger partial charge in [0.05, 0.1) is 6.61 Å². The van der Waals surface area contributed by atoms with Gasteiger partial charge < -0.3 is 14.6 Å². The topological polar surface area (TPSA) is 55.8 Å². The summed E-state index contributed by atoms with van der Waals surface area (Å²) in [5.74, 6) is 1.01. The molecule has 0 bridgehead atoms. The van der Waals surface area contributed by atoms with Gasteiger partial charge in [0.1, 0.15) is 11.5 Å². The summed E-state index contributed by atoms with van der Waals surface area (Å²) < 4.78 is 9.75. The fraction of sp³-hybridized carbons (Fsp3) is 0.300. The van der Waals surface area contributed by atoms with Crippen LogP contribution >= 0.6 is 0 Å². The molecule has 0 aliphatic carbocycles. The molecule has 0 heterocycles. The van der Waals surface area contributed by atoms with Gasteiger partial charge in [-0.3, -0.25) is 0 Å². The number of ether oxygens (including phenoxy) is 2. The molecule has 1 rings (SSSR count). The van der Waals surface area contributed by atoms with Crippen LogP contribution in [0.4, 0.5) is 4.79 Å². The van der Waals surface area contributed by atoms with Crippen LogP contribution in [-0.4, -0.2) is 17.9 Å². The fourth-order valence-electron chi connectivity index (χ4n) is 0.925. The molecule has 0 saturated heterocycles. The second-order valence-electron chi connectivity index (χ2n) is 2.69. The van der Waals surface area contributed by atoms with Crippen molar-refractivity contribution in [2.75, 3.05) is 6.61 Å². The number of carbonyl (C=O) groups is 1. The van der Waals surface area contributed by atoms with Gasteiger partial charge in [0.25, 0.3) is 0 Å². The van der Waals surface area contributed by atoms with E-state index in [1.54, 1.807) is 24.3 Å². The van der Waals surface area contributed by atoms with Gasteiger partial charge in [0.15, 0.2) is 0 Å². The molecule has 14 heavy (non-hydrogen) atoms. The van der Waals surface area contributed by atoms with E-state index in [2.05, 4.69) is 4.74 Å². The highest BCUT2D eigenvalue weighted by molar-refractivity contribution is 5.61. The largest absolute Gasteiger partial charge is 0.511 e. The summed E-state index contributed by atoms with van der Waals surface area (Å²) >= 11 is 0. The smallest absolute Gasteiger partial charge is 0.494 e. The lowest BCUT2D eigenvalue weighted by Gasteiger charge is -2.04. The minimum atomic E-state index is -1.31. The number of carboxylic acid groups (broad SMARTS) is 1. The maximum atomic E-state index is 10.2. The summed E-state index contributed by atoms with van der Waals surface area (Å²) in [6.45, 7) is 2.67. The Morgan fingerprint density at radius 3 is 2.36 bits per heavy atom. The molecule has 0 radical (unpaired) electrons. The van der Waals surface area contributed by atoms with Crippen molar-refractivity contribution < 1.29 is 19.4 Å². The van der Waals surface area contributed by atoms with Gasteiger partial charge in [-0.25, -0.2) is 4.79 Å². The van der Waals surface area contributed by atoms with Crippen molar-refractivity contribution >= 4 is 6.16 Å². The van der Waals surface area contributed by atoms with Crippen molar-refractivity contribution in [2.24, 2.45) is 0 Å². The summed E-state index contributed by atoms with van der Waals surface area (Å²) in [5, 5.41) is 8.32. The molecule has 0 aliphatic heterocycles. The van der Waals surface area contributed by atoms with Crippen LogP contribution < -0.4 is 9.47 Å². The normalized spacial score (nSPS) is 9.50. The molecule has 0 aromatic heterocycles. The Hall–Kier alpha value is -1.71. The van der Waals surface area contributed by atoms with Crippen LogP contribution in [0, 0.1) is 0 Å². The minimum Gasteiger partial charge on any atom is -0.494 e. The van der Waals surface area contributed by atoms with E-state index in [1.165, 1.54) is 0 Å². The third-order valence-corrected chi connectivity index (χ3v) is 1.50. The molecule has 0 spiro atoms.